The third-order valence-corrected chi connectivity index (χ3v) is 3.48. The maximum absolute atomic E-state index is 13.6. The number of hydrogen-bond donors (Lipinski definition) is 2. The summed E-state index contributed by atoms with van der Waals surface area (Å²) in [6, 6.07) is 4.50. The summed E-state index contributed by atoms with van der Waals surface area (Å²) >= 11 is 3.19. The lowest BCUT2D eigenvalue weighted by Crippen LogP contribution is -2.30. The molecule has 2 rings (SSSR count). The van der Waals surface area contributed by atoms with Crippen molar-refractivity contribution in [1.29, 1.82) is 0 Å². The second kappa shape index (κ2) is 7.62. The molecule has 0 saturated heterocycles. The molecule has 0 atom stereocenters. The van der Waals surface area contributed by atoms with Crippen LogP contribution in [0.4, 0.5) is 4.39 Å². The lowest BCUT2D eigenvalue weighted by molar-refractivity contribution is 0.0952. The van der Waals surface area contributed by atoms with Gasteiger partial charge in [0.2, 0.25) is 0 Å². The second-order valence-corrected chi connectivity index (χ2v) is 4.95. The molecule has 0 unspecified atom stereocenters. The Hall–Kier alpha value is -0.910. The van der Waals surface area contributed by atoms with E-state index < -0.39 is 5.82 Å². The minimum atomic E-state index is -0.513. The van der Waals surface area contributed by atoms with E-state index >= 15 is 0 Å². The van der Waals surface area contributed by atoms with Crippen LogP contribution >= 0.6 is 28.3 Å². The maximum atomic E-state index is 13.6. The van der Waals surface area contributed by atoms with E-state index in [1.54, 1.807) is 12.1 Å². The van der Waals surface area contributed by atoms with Crippen molar-refractivity contribution in [2.45, 2.75) is 6.42 Å². The summed E-state index contributed by atoms with van der Waals surface area (Å²) < 4.78 is 14.0. The van der Waals surface area contributed by atoms with E-state index in [0.29, 0.717) is 11.0 Å². The quantitative estimate of drug-likeness (QED) is 0.824. The summed E-state index contributed by atoms with van der Waals surface area (Å²) in [5.41, 5.74) is 1.24. The lowest BCUT2D eigenvalue weighted by atomic mass is 10.1. The average molecular weight is 350 g/mol. The Morgan fingerprint density at radius 2 is 2.26 bits per heavy atom. The molecule has 0 bridgehead atoms. The summed E-state index contributed by atoms with van der Waals surface area (Å²) in [5, 5.41) is 5.94. The molecular weight excluding hydrogens is 335 g/mol. The summed E-state index contributed by atoms with van der Waals surface area (Å²) in [4.78, 5) is 11.9. The predicted octanol–water partition coefficient (Wildman–Crippen LogP) is 2.66. The van der Waals surface area contributed by atoms with E-state index in [1.165, 1.54) is 11.6 Å². The van der Waals surface area contributed by atoms with Gasteiger partial charge in [-0.15, -0.1) is 12.4 Å². The first-order valence-electron chi connectivity index (χ1n) is 5.79. The molecule has 0 aromatic heterocycles. The standard InChI is InChI=1S/C13H14BrFN2O.ClH/c14-10-2-1-3-11(15)12(10)13(18)17-8-9-4-6-16-7-5-9;/h1-4,16H,5-8H2,(H,17,18);1H. The first-order valence-corrected chi connectivity index (χ1v) is 6.58. The van der Waals surface area contributed by atoms with Crippen molar-refractivity contribution in [3.8, 4) is 0 Å². The van der Waals surface area contributed by atoms with Crippen LogP contribution in [0.3, 0.4) is 0 Å². The number of rotatable bonds is 3. The molecule has 104 valence electrons. The van der Waals surface area contributed by atoms with Crippen LogP contribution in [0.25, 0.3) is 0 Å². The summed E-state index contributed by atoms with van der Waals surface area (Å²) in [6.07, 6.45) is 2.97. The topological polar surface area (TPSA) is 41.1 Å². The van der Waals surface area contributed by atoms with Crippen LogP contribution in [0.15, 0.2) is 34.3 Å². The van der Waals surface area contributed by atoms with Gasteiger partial charge in [-0.25, -0.2) is 4.39 Å². The van der Waals surface area contributed by atoms with E-state index in [0.717, 1.165) is 19.5 Å². The zero-order valence-electron chi connectivity index (χ0n) is 10.2. The highest BCUT2D eigenvalue weighted by Gasteiger charge is 2.15. The fourth-order valence-electron chi connectivity index (χ4n) is 1.83. The number of benzene rings is 1. The highest BCUT2D eigenvalue weighted by Crippen LogP contribution is 2.19. The van der Waals surface area contributed by atoms with Gasteiger partial charge in [0.05, 0.1) is 5.56 Å². The minimum Gasteiger partial charge on any atom is -0.348 e. The first kappa shape index (κ1) is 16.1. The molecule has 0 radical (unpaired) electrons. The minimum absolute atomic E-state index is 0. The van der Waals surface area contributed by atoms with Crippen molar-refractivity contribution < 1.29 is 9.18 Å². The number of halogens is 3. The fourth-order valence-corrected chi connectivity index (χ4v) is 2.35. The van der Waals surface area contributed by atoms with Crippen LogP contribution in [0.5, 0.6) is 0 Å². The highest BCUT2D eigenvalue weighted by molar-refractivity contribution is 9.10. The SMILES string of the molecule is Cl.O=C(NCC1=CCNCC1)c1c(F)cccc1Br. The summed E-state index contributed by atoms with van der Waals surface area (Å²) in [6.45, 7) is 2.22. The molecule has 0 spiro atoms. The van der Waals surface area contributed by atoms with Crippen molar-refractivity contribution >= 4 is 34.2 Å². The number of hydrogen-bond acceptors (Lipinski definition) is 2. The van der Waals surface area contributed by atoms with Gasteiger partial charge in [-0.05, 0) is 41.0 Å². The maximum Gasteiger partial charge on any atom is 0.255 e. The van der Waals surface area contributed by atoms with Crippen molar-refractivity contribution in [2.75, 3.05) is 19.6 Å². The Bertz CT molecular complexity index is 473. The van der Waals surface area contributed by atoms with E-state index in [2.05, 4.69) is 32.6 Å². The molecule has 1 aromatic carbocycles. The van der Waals surface area contributed by atoms with E-state index in [-0.39, 0.29) is 23.9 Å². The average Bonchev–Trinajstić information content (AvgIpc) is 2.37. The van der Waals surface area contributed by atoms with Gasteiger partial charge in [0.15, 0.2) is 0 Å². The molecular formula is C13H15BrClFN2O. The third kappa shape index (κ3) is 4.30. The molecule has 0 fully saturated rings. The van der Waals surface area contributed by atoms with Crippen LogP contribution < -0.4 is 10.6 Å². The summed E-state index contributed by atoms with van der Waals surface area (Å²) in [5.74, 6) is -0.902. The van der Waals surface area contributed by atoms with Crippen molar-refractivity contribution in [3.05, 3.63) is 45.7 Å². The molecule has 0 aliphatic carbocycles. The second-order valence-electron chi connectivity index (χ2n) is 4.10. The third-order valence-electron chi connectivity index (χ3n) is 2.82. The molecule has 6 heteroatoms. The zero-order chi connectivity index (χ0) is 13.0. The monoisotopic (exact) mass is 348 g/mol. The van der Waals surface area contributed by atoms with E-state index in [9.17, 15) is 9.18 Å². The Morgan fingerprint density at radius 3 is 2.89 bits per heavy atom. The van der Waals surface area contributed by atoms with Gasteiger partial charge in [0, 0.05) is 17.6 Å². The molecule has 1 aromatic rings. The Kier molecular flexibility index (Phi) is 6.48. The smallest absolute Gasteiger partial charge is 0.255 e. The van der Waals surface area contributed by atoms with Gasteiger partial charge in [-0.3, -0.25) is 4.79 Å². The van der Waals surface area contributed by atoms with E-state index in [1.807, 2.05) is 0 Å². The number of amides is 1. The van der Waals surface area contributed by atoms with Crippen LogP contribution in [-0.4, -0.2) is 25.5 Å². The zero-order valence-corrected chi connectivity index (χ0v) is 12.6. The van der Waals surface area contributed by atoms with Gasteiger partial charge in [0.25, 0.3) is 5.91 Å². The predicted molar refractivity (Wildman–Crippen MR) is 79.3 cm³/mol. The van der Waals surface area contributed by atoms with Crippen molar-refractivity contribution in [3.63, 3.8) is 0 Å². The van der Waals surface area contributed by atoms with Gasteiger partial charge < -0.3 is 10.6 Å². The molecule has 3 nitrogen and oxygen atoms in total. The van der Waals surface area contributed by atoms with Crippen LogP contribution in [-0.2, 0) is 0 Å². The molecule has 0 saturated carbocycles. The van der Waals surface area contributed by atoms with Gasteiger partial charge in [-0.1, -0.05) is 17.7 Å². The molecule has 1 heterocycles. The summed E-state index contributed by atoms with van der Waals surface area (Å²) in [7, 11) is 0. The van der Waals surface area contributed by atoms with Gasteiger partial charge in [-0.2, -0.15) is 0 Å². The van der Waals surface area contributed by atoms with Crippen LogP contribution in [0.1, 0.15) is 16.8 Å². The largest absolute Gasteiger partial charge is 0.348 e. The number of carbonyl (C=O) groups excluding carboxylic acids is 1. The Balaban J connectivity index is 0.00000180. The molecule has 1 amide bonds. The molecule has 19 heavy (non-hydrogen) atoms. The fraction of sp³-hybridized carbons (Fsp3) is 0.308. The van der Waals surface area contributed by atoms with Crippen LogP contribution in [0, 0.1) is 5.82 Å². The van der Waals surface area contributed by atoms with E-state index in [4.69, 9.17) is 0 Å². The van der Waals surface area contributed by atoms with Gasteiger partial charge >= 0.3 is 0 Å². The number of carbonyl (C=O) groups is 1. The van der Waals surface area contributed by atoms with Crippen LogP contribution in [0.2, 0.25) is 0 Å². The number of nitrogens with one attached hydrogen (secondary N) is 2. The molecule has 1 aliphatic heterocycles. The Morgan fingerprint density at radius 1 is 1.47 bits per heavy atom. The van der Waals surface area contributed by atoms with Crippen molar-refractivity contribution in [2.24, 2.45) is 0 Å². The first-order chi connectivity index (χ1) is 8.68. The molecule has 1 aliphatic rings. The van der Waals surface area contributed by atoms with Crippen molar-refractivity contribution in [1.82, 2.24) is 10.6 Å². The highest BCUT2D eigenvalue weighted by atomic mass is 79.9. The normalized spacial score (nSPS) is 14.3. The molecule has 2 N–H and O–H groups in total. The Labute approximate surface area is 126 Å². The lowest BCUT2D eigenvalue weighted by Gasteiger charge is -2.15. The van der Waals surface area contributed by atoms with Gasteiger partial charge in [0.1, 0.15) is 5.82 Å².